The predicted molar refractivity (Wildman–Crippen MR) is 43.2 cm³/mol. The van der Waals surface area contributed by atoms with Gasteiger partial charge >= 0.3 is 5.97 Å². The Kier molecular flexibility index (Phi) is 1.58. The Labute approximate surface area is 66.9 Å². The minimum Gasteiger partial charge on any atom is -0.481 e. The van der Waals surface area contributed by atoms with E-state index in [4.69, 9.17) is 5.11 Å². The van der Waals surface area contributed by atoms with E-state index in [2.05, 4.69) is 6.58 Å². The van der Waals surface area contributed by atoms with Crippen molar-refractivity contribution in [3.8, 4) is 0 Å². The standard InChI is InChI=1S/C9H14O2/c1-5(2)9(4)6(3)7(9)8(10)11/h6-7H,1H2,2-4H3,(H,10,11). The van der Waals surface area contributed by atoms with E-state index >= 15 is 0 Å². The van der Waals surface area contributed by atoms with Crippen LogP contribution in [0.25, 0.3) is 0 Å². The van der Waals surface area contributed by atoms with E-state index in [9.17, 15) is 4.79 Å². The van der Waals surface area contributed by atoms with Gasteiger partial charge in [-0.1, -0.05) is 26.0 Å². The van der Waals surface area contributed by atoms with Crippen molar-refractivity contribution in [1.29, 1.82) is 0 Å². The van der Waals surface area contributed by atoms with Gasteiger partial charge in [0.05, 0.1) is 5.92 Å². The molecule has 2 heteroatoms. The van der Waals surface area contributed by atoms with Crippen LogP contribution in [0.1, 0.15) is 20.8 Å². The molecule has 0 bridgehead atoms. The summed E-state index contributed by atoms with van der Waals surface area (Å²) in [7, 11) is 0. The first-order valence-electron chi connectivity index (χ1n) is 3.81. The molecule has 1 aliphatic rings. The monoisotopic (exact) mass is 154 g/mol. The van der Waals surface area contributed by atoms with E-state index in [-0.39, 0.29) is 17.3 Å². The number of rotatable bonds is 2. The lowest BCUT2D eigenvalue weighted by atomic mass is 9.97. The van der Waals surface area contributed by atoms with Crippen LogP contribution in [-0.4, -0.2) is 11.1 Å². The number of carboxylic acid groups (broad SMARTS) is 1. The van der Waals surface area contributed by atoms with Crippen LogP contribution in [0.4, 0.5) is 0 Å². The third-order valence-electron chi connectivity index (χ3n) is 3.17. The van der Waals surface area contributed by atoms with Crippen molar-refractivity contribution in [1.82, 2.24) is 0 Å². The molecule has 0 spiro atoms. The van der Waals surface area contributed by atoms with Gasteiger partial charge in [-0.25, -0.2) is 0 Å². The molecule has 62 valence electrons. The lowest BCUT2D eigenvalue weighted by Gasteiger charge is -2.08. The highest BCUT2D eigenvalue weighted by Gasteiger charge is 2.62. The Morgan fingerprint density at radius 2 is 2.09 bits per heavy atom. The van der Waals surface area contributed by atoms with Gasteiger partial charge in [0.15, 0.2) is 0 Å². The van der Waals surface area contributed by atoms with Crippen molar-refractivity contribution in [2.45, 2.75) is 20.8 Å². The minimum atomic E-state index is -0.692. The Balaban J connectivity index is 2.81. The molecule has 0 amide bonds. The molecule has 1 rings (SSSR count). The van der Waals surface area contributed by atoms with Crippen molar-refractivity contribution in [2.24, 2.45) is 17.3 Å². The molecule has 0 aromatic rings. The molecule has 0 saturated heterocycles. The predicted octanol–water partition coefficient (Wildman–Crippen LogP) is 1.92. The summed E-state index contributed by atoms with van der Waals surface area (Å²) in [6, 6.07) is 0. The van der Waals surface area contributed by atoms with Crippen LogP contribution in [0.5, 0.6) is 0 Å². The average Bonchev–Trinajstić information content (AvgIpc) is 2.37. The molecule has 3 unspecified atom stereocenters. The van der Waals surface area contributed by atoms with E-state index in [1.54, 1.807) is 0 Å². The third kappa shape index (κ3) is 0.889. The quantitative estimate of drug-likeness (QED) is 0.617. The van der Waals surface area contributed by atoms with E-state index in [1.165, 1.54) is 0 Å². The molecule has 11 heavy (non-hydrogen) atoms. The number of allylic oxidation sites excluding steroid dienone is 1. The molecule has 0 aliphatic heterocycles. The van der Waals surface area contributed by atoms with E-state index in [1.807, 2.05) is 20.8 Å². The largest absolute Gasteiger partial charge is 0.481 e. The molecule has 1 saturated carbocycles. The summed E-state index contributed by atoms with van der Waals surface area (Å²) in [5.74, 6) is -0.652. The van der Waals surface area contributed by atoms with Crippen molar-refractivity contribution in [3.63, 3.8) is 0 Å². The van der Waals surface area contributed by atoms with Crippen LogP contribution < -0.4 is 0 Å². The highest BCUT2D eigenvalue weighted by Crippen LogP contribution is 2.62. The molecule has 1 fully saturated rings. The van der Waals surface area contributed by atoms with Crippen molar-refractivity contribution >= 4 is 5.97 Å². The highest BCUT2D eigenvalue weighted by atomic mass is 16.4. The number of hydrogen-bond donors (Lipinski definition) is 1. The van der Waals surface area contributed by atoms with Crippen LogP contribution >= 0.6 is 0 Å². The smallest absolute Gasteiger partial charge is 0.307 e. The molecular weight excluding hydrogens is 140 g/mol. The molecule has 2 nitrogen and oxygen atoms in total. The third-order valence-corrected chi connectivity index (χ3v) is 3.17. The molecule has 3 atom stereocenters. The first kappa shape index (κ1) is 8.31. The second kappa shape index (κ2) is 2.10. The van der Waals surface area contributed by atoms with E-state index < -0.39 is 5.97 Å². The van der Waals surface area contributed by atoms with Crippen LogP contribution in [0.15, 0.2) is 12.2 Å². The van der Waals surface area contributed by atoms with Crippen LogP contribution in [-0.2, 0) is 4.79 Å². The first-order chi connectivity index (χ1) is 4.92. The summed E-state index contributed by atoms with van der Waals surface area (Å²) in [4.78, 5) is 10.7. The van der Waals surface area contributed by atoms with Gasteiger partial charge in [-0.2, -0.15) is 0 Å². The summed E-state index contributed by atoms with van der Waals surface area (Å²) in [5, 5.41) is 8.77. The Hall–Kier alpha value is -0.790. The topological polar surface area (TPSA) is 37.3 Å². The summed E-state index contributed by atoms with van der Waals surface area (Å²) >= 11 is 0. The van der Waals surface area contributed by atoms with E-state index in [0.29, 0.717) is 0 Å². The number of carboxylic acids is 1. The van der Waals surface area contributed by atoms with Gasteiger partial charge in [-0.3, -0.25) is 4.79 Å². The molecule has 0 aromatic carbocycles. The molecule has 0 heterocycles. The second-order valence-electron chi connectivity index (χ2n) is 3.67. The van der Waals surface area contributed by atoms with Gasteiger partial charge in [-0.05, 0) is 12.8 Å². The maximum atomic E-state index is 10.7. The van der Waals surface area contributed by atoms with Gasteiger partial charge in [0.25, 0.3) is 0 Å². The summed E-state index contributed by atoms with van der Waals surface area (Å²) in [6.07, 6.45) is 0. The van der Waals surface area contributed by atoms with Crippen LogP contribution in [0, 0.1) is 17.3 Å². The van der Waals surface area contributed by atoms with Gasteiger partial charge < -0.3 is 5.11 Å². The fourth-order valence-electron chi connectivity index (χ4n) is 1.85. The van der Waals surface area contributed by atoms with E-state index in [0.717, 1.165) is 5.57 Å². The Morgan fingerprint density at radius 3 is 2.18 bits per heavy atom. The summed E-state index contributed by atoms with van der Waals surface area (Å²) in [5.41, 5.74) is 0.837. The fraction of sp³-hybridized carbons (Fsp3) is 0.667. The Morgan fingerprint density at radius 1 is 1.64 bits per heavy atom. The maximum Gasteiger partial charge on any atom is 0.307 e. The molecule has 0 aromatic heterocycles. The number of aliphatic carboxylic acids is 1. The zero-order valence-corrected chi connectivity index (χ0v) is 7.22. The minimum absolute atomic E-state index is 0.147. The summed E-state index contributed by atoms with van der Waals surface area (Å²) < 4.78 is 0. The second-order valence-corrected chi connectivity index (χ2v) is 3.67. The number of carbonyl (C=O) groups is 1. The van der Waals surface area contributed by atoms with Crippen molar-refractivity contribution in [2.75, 3.05) is 0 Å². The zero-order valence-electron chi connectivity index (χ0n) is 7.22. The average molecular weight is 154 g/mol. The van der Waals surface area contributed by atoms with Gasteiger partial charge in [0.1, 0.15) is 0 Å². The van der Waals surface area contributed by atoms with Crippen molar-refractivity contribution in [3.05, 3.63) is 12.2 Å². The van der Waals surface area contributed by atoms with Gasteiger partial charge in [0, 0.05) is 5.41 Å². The van der Waals surface area contributed by atoms with Gasteiger partial charge in [-0.15, -0.1) is 0 Å². The first-order valence-corrected chi connectivity index (χ1v) is 3.81. The number of hydrogen-bond acceptors (Lipinski definition) is 1. The Bertz CT molecular complexity index is 220. The van der Waals surface area contributed by atoms with Crippen molar-refractivity contribution < 1.29 is 9.90 Å². The SMILES string of the molecule is C=C(C)C1(C)C(C)C1C(=O)O. The fourth-order valence-corrected chi connectivity index (χ4v) is 1.85. The molecule has 1 N–H and O–H groups in total. The highest BCUT2D eigenvalue weighted by molar-refractivity contribution is 5.76. The normalized spacial score (nSPS) is 41.7. The summed E-state index contributed by atoms with van der Waals surface area (Å²) in [6.45, 7) is 9.65. The lowest BCUT2D eigenvalue weighted by Crippen LogP contribution is -2.07. The van der Waals surface area contributed by atoms with Crippen LogP contribution in [0.2, 0.25) is 0 Å². The maximum absolute atomic E-state index is 10.7. The lowest BCUT2D eigenvalue weighted by molar-refractivity contribution is -0.139. The molecular formula is C9H14O2. The van der Waals surface area contributed by atoms with Gasteiger partial charge in [0.2, 0.25) is 0 Å². The zero-order chi connectivity index (χ0) is 8.81. The van der Waals surface area contributed by atoms with Crippen LogP contribution in [0.3, 0.4) is 0 Å². The molecule has 0 radical (unpaired) electrons. The molecule has 1 aliphatic carbocycles.